The number of carbonyl (C=O) groups excluding carboxylic acids is 1. The molecule has 0 bridgehead atoms. The topological polar surface area (TPSA) is 54.3 Å². The summed E-state index contributed by atoms with van der Waals surface area (Å²) in [5, 5.41) is 4.84. The molecule has 0 radical (unpaired) electrons. The van der Waals surface area contributed by atoms with Gasteiger partial charge in [0.05, 0.1) is 42.5 Å². The molecule has 1 amide bonds. The van der Waals surface area contributed by atoms with Crippen LogP contribution in [0.2, 0.25) is 0 Å². The average molecular weight is 592 g/mol. The Kier molecular flexibility index (Phi) is 8.05. The summed E-state index contributed by atoms with van der Waals surface area (Å²) in [5.41, 5.74) is 8.13. The first-order chi connectivity index (χ1) is 20.8. The second-order valence-electron chi connectivity index (χ2n) is 11.3. The highest BCUT2D eigenvalue weighted by Gasteiger charge is 2.31. The van der Waals surface area contributed by atoms with E-state index in [1.54, 1.807) is 9.80 Å². The van der Waals surface area contributed by atoms with Crippen LogP contribution in [-0.2, 0) is 37.1 Å². The van der Waals surface area contributed by atoms with Gasteiger partial charge in [-0.3, -0.25) is 14.4 Å². The van der Waals surface area contributed by atoms with Gasteiger partial charge in [0.1, 0.15) is 11.5 Å². The van der Waals surface area contributed by atoms with E-state index < -0.39 is 12.3 Å². The van der Waals surface area contributed by atoms with Gasteiger partial charge in [-0.05, 0) is 79.1 Å². The van der Waals surface area contributed by atoms with E-state index in [4.69, 9.17) is 10.1 Å². The highest BCUT2D eigenvalue weighted by atomic mass is 19.3. The fourth-order valence-corrected chi connectivity index (χ4v) is 6.67. The van der Waals surface area contributed by atoms with E-state index in [1.807, 2.05) is 29.8 Å². The zero-order valence-electron chi connectivity index (χ0n) is 24.0. The van der Waals surface area contributed by atoms with Gasteiger partial charge in [-0.15, -0.1) is 0 Å². The number of pyridine rings is 1. The van der Waals surface area contributed by atoms with Crippen molar-refractivity contribution in [2.24, 2.45) is 0 Å². The zero-order valence-corrected chi connectivity index (χ0v) is 24.0. The molecule has 0 fully saturated rings. The summed E-state index contributed by atoms with van der Waals surface area (Å²) in [6.07, 6.45) is 4.18. The molecule has 0 N–H and O–H groups in total. The number of benzene rings is 1. The second-order valence-corrected chi connectivity index (χ2v) is 11.3. The molecule has 3 aliphatic rings. The maximum atomic E-state index is 14.8. The van der Waals surface area contributed by atoms with Crippen LogP contribution in [0.5, 0.6) is 0 Å². The van der Waals surface area contributed by atoms with Gasteiger partial charge < -0.3 is 4.90 Å². The van der Waals surface area contributed by atoms with Crippen molar-refractivity contribution in [1.82, 2.24) is 24.6 Å². The number of allylic oxidation sites excluding steroid dienone is 2. The van der Waals surface area contributed by atoms with E-state index in [0.717, 1.165) is 58.1 Å². The first kappa shape index (κ1) is 29.0. The van der Waals surface area contributed by atoms with Crippen LogP contribution in [0.3, 0.4) is 0 Å². The van der Waals surface area contributed by atoms with Crippen molar-refractivity contribution in [1.29, 1.82) is 0 Å². The molecule has 0 unspecified atom stereocenters. The van der Waals surface area contributed by atoms with Crippen molar-refractivity contribution >= 4 is 12.0 Å². The number of nitrogens with zero attached hydrogens (tertiary/aromatic N) is 5. The summed E-state index contributed by atoms with van der Waals surface area (Å²) in [6.45, 7) is 7.27. The van der Waals surface area contributed by atoms with Gasteiger partial charge in [0.15, 0.2) is 0 Å². The Labute approximate surface area is 248 Å². The van der Waals surface area contributed by atoms with E-state index in [-0.39, 0.29) is 24.8 Å². The second kappa shape index (κ2) is 11.9. The Morgan fingerprint density at radius 2 is 1.91 bits per heavy atom. The Bertz CT molecular complexity index is 1640. The third-order valence-corrected chi connectivity index (χ3v) is 8.74. The summed E-state index contributed by atoms with van der Waals surface area (Å²) in [7, 11) is 0. The number of fused-ring (bicyclic) bond motifs is 3. The number of aromatic nitrogens is 3. The minimum atomic E-state index is -2.39. The largest absolute Gasteiger partial charge is 0.329 e. The van der Waals surface area contributed by atoms with Crippen LogP contribution in [0.1, 0.15) is 52.9 Å². The molecule has 6 nitrogen and oxygen atoms in total. The summed E-state index contributed by atoms with van der Waals surface area (Å²) in [6, 6.07) is 7.74. The first-order valence-electron chi connectivity index (χ1n) is 14.6. The standard InChI is InChI=1S/C33H33F4N5O/c1-3-31(43)41-13-14-42-29(20(41)2)17-28(39-42)33-27(16-24(35)9-11-34)25-5-4-6-26(25)32(38-33)22-8-7-21-10-12-40(19-30(36)37)18-23(21)15-22/h3,7-9,11,15-17,20,30H,1,4-6,10,12-14,18-19H2,2H3/b11-9+,24-16?/t20-/m1/s1. The molecule has 4 heterocycles. The lowest BCUT2D eigenvalue weighted by molar-refractivity contribution is -0.129. The predicted molar refractivity (Wildman–Crippen MR) is 158 cm³/mol. The van der Waals surface area contributed by atoms with Gasteiger partial charge in [-0.25, -0.2) is 22.5 Å². The predicted octanol–water partition coefficient (Wildman–Crippen LogP) is 6.61. The normalized spacial score (nSPS) is 18.7. The first-order valence-corrected chi connectivity index (χ1v) is 14.6. The van der Waals surface area contributed by atoms with Crippen LogP contribution in [0.25, 0.3) is 28.7 Å². The van der Waals surface area contributed by atoms with Gasteiger partial charge >= 0.3 is 0 Å². The minimum Gasteiger partial charge on any atom is -0.329 e. The van der Waals surface area contributed by atoms with E-state index in [2.05, 4.69) is 12.6 Å². The third kappa shape index (κ3) is 5.56. The van der Waals surface area contributed by atoms with Gasteiger partial charge in [-0.2, -0.15) is 5.10 Å². The smallest absolute Gasteiger partial charge is 0.251 e. The summed E-state index contributed by atoms with van der Waals surface area (Å²) in [5.74, 6) is -0.900. The number of amides is 1. The average Bonchev–Trinajstić information content (AvgIpc) is 3.65. The molecule has 224 valence electrons. The molecule has 0 saturated heterocycles. The van der Waals surface area contributed by atoms with E-state index in [1.165, 1.54) is 12.2 Å². The van der Waals surface area contributed by atoms with Gasteiger partial charge in [0.25, 0.3) is 6.43 Å². The summed E-state index contributed by atoms with van der Waals surface area (Å²) < 4.78 is 55.8. The monoisotopic (exact) mass is 591 g/mol. The lowest BCUT2D eigenvalue weighted by Crippen LogP contribution is -2.40. The minimum absolute atomic E-state index is 0.164. The molecule has 1 aliphatic carbocycles. The van der Waals surface area contributed by atoms with E-state index >= 15 is 0 Å². The van der Waals surface area contributed by atoms with Crippen LogP contribution in [0, 0.1) is 0 Å². The SMILES string of the molecule is C=CC(=O)N1CCn2nc(-c3nc(-c4ccc5c(c4)CN(CC(F)F)CC5)c4c(c3C=C(F)/C=C/F)CCC4)cc2[C@H]1C. The number of hydrogen-bond donors (Lipinski definition) is 0. The number of rotatable bonds is 7. The Hall–Kier alpha value is -4.05. The molecule has 1 aromatic carbocycles. The third-order valence-electron chi connectivity index (χ3n) is 8.74. The van der Waals surface area contributed by atoms with Crippen LogP contribution in [-0.4, -0.2) is 56.5 Å². The van der Waals surface area contributed by atoms with Crippen LogP contribution in [0.4, 0.5) is 17.6 Å². The fourth-order valence-electron chi connectivity index (χ4n) is 6.67. The highest BCUT2D eigenvalue weighted by Crippen LogP contribution is 2.41. The molecule has 2 aromatic heterocycles. The van der Waals surface area contributed by atoms with Crippen LogP contribution in [0.15, 0.2) is 55.2 Å². The lowest BCUT2D eigenvalue weighted by Gasteiger charge is -2.33. The quantitative estimate of drug-likeness (QED) is 0.176. The molecule has 10 heteroatoms. The fraction of sp³-hybridized carbons (Fsp3) is 0.364. The van der Waals surface area contributed by atoms with Crippen molar-refractivity contribution in [3.05, 3.63) is 88.7 Å². The lowest BCUT2D eigenvalue weighted by atomic mass is 9.92. The van der Waals surface area contributed by atoms with Gasteiger partial charge in [0, 0.05) is 36.8 Å². The number of alkyl halides is 2. The van der Waals surface area contributed by atoms with Crippen molar-refractivity contribution in [2.75, 3.05) is 19.6 Å². The zero-order chi connectivity index (χ0) is 30.2. The van der Waals surface area contributed by atoms with E-state index in [0.29, 0.717) is 56.0 Å². The van der Waals surface area contributed by atoms with Crippen molar-refractivity contribution in [3.63, 3.8) is 0 Å². The molecule has 6 rings (SSSR count). The maximum Gasteiger partial charge on any atom is 0.251 e. The summed E-state index contributed by atoms with van der Waals surface area (Å²) in [4.78, 5) is 21.1. The number of hydrogen-bond acceptors (Lipinski definition) is 4. The van der Waals surface area contributed by atoms with Crippen LogP contribution >= 0.6 is 0 Å². The van der Waals surface area contributed by atoms with Crippen molar-refractivity contribution in [2.45, 2.75) is 58.2 Å². The molecular weight excluding hydrogens is 558 g/mol. The number of halogens is 4. The molecule has 0 saturated carbocycles. The van der Waals surface area contributed by atoms with Crippen molar-refractivity contribution in [3.8, 4) is 22.6 Å². The number of carbonyl (C=O) groups is 1. The van der Waals surface area contributed by atoms with Gasteiger partial charge in [-0.1, -0.05) is 18.7 Å². The molecule has 0 spiro atoms. The molecule has 2 aliphatic heterocycles. The van der Waals surface area contributed by atoms with Crippen molar-refractivity contribution < 1.29 is 22.4 Å². The van der Waals surface area contributed by atoms with E-state index in [9.17, 15) is 22.4 Å². The maximum absolute atomic E-state index is 14.8. The Morgan fingerprint density at radius 1 is 1.09 bits per heavy atom. The summed E-state index contributed by atoms with van der Waals surface area (Å²) >= 11 is 0. The molecular formula is C33H33F4N5O. The Morgan fingerprint density at radius 3 is 2.67 bits per heavy atom. The molecule has 1 atom stereocenters. The van der Waals surface area contributed by atoms with Crippen LogP contribution < -0.4 is 0 Å². The highest BCUT2D eigenvalue weighted by molar-refractivity contribution is 5.87. The Balaban J connectivity index is 1.49. The van der Waals surface area contributed by atoms with Gasteiger partial charge in [0.2, 0.25) is 5.91 Å². The molecule has 43 heavy (non-hydrogen) atoms. The molecule has 3 aromatic rings.